The maximum atomic E-state index is 11.5. The molecule has 0 saturated carbocycles. The summed E-state index contributed by atoms with van der Waals surface area (Å²) in [5.74, 6) is 0.0466. The van der Waals surface area contributed by atoms with Crippen molar-refractivity contribution in [3.8, 4) is 0 Å². The maximum Gasteiger partial charge on any atom is 0.164 e. The van der Waals surface area contributed by atoms with Gasteiger partial charge in [0.25, 0.3) is 0 Å². The number of carbonyl (C=O) groups is 1. The Kier molecular flexibility index (Phi) is 4.45. The van der Waals surface area contributed by atoms with E-state index in [0.717, 1.165) is 4.90 Å². The third kappa shape index (κ3) is 3.01. The third-order valence-electron chi connectivity index (χ3n) is 1.80. The third-order valence-corrected chi connectivity index (χ3v) is 2.73. The van der Waals surface area contributed by atoms with Crippen LogP contribution in [-0.4, -0.2) is 18.6 Å². The van der Waals surface area contributed by atoms with E-state index in [-0.39, 0.29) is 5.78 Å². The number of rotatable bonds is 4. The summed E-state index contributed by atoms with van der Waals surface area (Å²) in [7, 11) is 0. The Bertz CT molecular complexity index is 341. The van der Waals surface area contributed by atoms with Crippen LogP contribution in [0.25, 0.3) is 0 Å². The molecule has 1 rings (SSSR count). The summed E-state index contributed by atoms with van der Waals surface area (Å²) in [6, 6.07) is 5.36. The van der Waals surface area contributed by atoms with E-state index in [1.54, 1.807) is 17.8 Å². The van der Waals surface area contributed by atoms with Crippen LogP contribution in [0, 0.1) is 0 Å². The molecule has 1 aromatic rings. The molecular formula is C10H12ClNOS. The first kappa shape index (κ1) is 11.6. The Morgan fingerprint density at radius 1 is 1.50 bits per heavy atom. The molecule has 0 radical (unpaired) electrons. The molecule has 0 heterocycles. The Labute approximate surface area is 92.8 Å². The second-order valence-corrected chi connectivity index (χ2v) is 4.16. The van der Waals surface area contributed by atoms with Gasteiger partial charge in [0.05, 0.1) is 0 Å². The quantitative estimate of drug-likeness (QED) is 0.638. The van der Waals surface area contributed by atoms with E-state index in [1.807, 2.05) is 18.4 Å². The SMILES string of the molecule is CSc1cc(Cl)cc(C(=O)CCN)c1. The van der Waals surface area contributed by atoms with Crippen LogP contribution in [0.2, 0.25) is 5.02 Å². The number of carbonyl (C=O) groups excluding carboxylic acids is 1. The van der Waals surface area contributed by atoms with Crippen LogP contribution in [0.3, 0.4) is 0 Å². The Morgan fingerprint density at radius 3 is 2.79 bits per heavy atom. The zero-order chi connectivity index (χ0) is 10.6. The van der Waals surface area contributed by atoms with Crippen LogP contribution in [0.15, 0.2) is 23.1 Å². The van der Waals surface area contributed by atoms with E-state index in [0.29, 0.717) is 23.6 Å². The molecular weight excluding hydrogens is 218 g/mol. The first-order valence-electron chi connectivity index (χ1n) is 4.25. The molecule has 0 aromatic heterocycles. The molecule has 0 amide bonds. The lowest BCUT2D eigenvalue weighted by Gasteiger charge is -2.03. The number of hydrogen-bond donors (Lipinski definition) is 1. The minimum atomic E-state index is 0.0466. The maximum absolute atomic E-state index is 11.5. The summed E-state index contributed by atoms with van der Waals surface area (Å²) in [6.07, 6.45) is 2.32. The summed E-state index contributed by atoms with van der Waals surface area (Å²) in [5.41, 5.74) is 5.96. The molecule has 0 bridgehead atoms. The van der Waals surface area contributed by atoms with Crippen molar-refractivity contribution < 1.29 is 4.79 Å². The van der Waals surface area contributed by atoms with Crippen LogP contribution >= 0.6 is 23.4 Å². The normalized spacial score (nSPS) is 10.2. The van der Waals surface area contributed by atoms with Gasteiger partial charge in [-0.3, -0.25) is 4.79 Å². The van der Waals surface area contributed by atoms with Crippen molar-refractivity contribution in [2.45, 2.75) is 11.3 Å². The second-order valence-electron chi connectivity index (χ2n) is 2.84. The minimum Gasteiger partial charge on any atom is -0.330 e. The number of thioether (sulfide) groups is 1. The van der Waals surface area contributed by atoms with Crippen molar-refractivity contribution in [1.82, 2.24) is 0 Å². The van der Waals surface area contributed by atoms with Gasteiger partial charge in [0, 0.05) is 21.9 Å². The summed E-state index contributed by atoms with van der Waals surface area (Å²) in [6.45, 7) is 0.375. The number of ketones is 1. The summed E-state index contributed by atoms with van der Waals surface area (Å²) in [4.78, 5) is 12.5. The lowest BCUT2D eigenvalue weighted by atomic mass is 10.1. The van der Waals surface area contributed by atoms with Crippen molar-refractivity contribution in [1.29, 1.82) is 0 Å². The number of Topliss-reactive ketones (excluding diaryl/α,β-unsaturated/α-hetero) is 1. The molecule has 0 saturated heterocycles. The molecule has 0 aliphatic carbocycles. The Balaban J connectivity index is 2.96. The molecule has 0 aliphatic rings. The van der Waals surface area contributed by atoms with Gasteiger partial charge in [-0.15, -0.1) is 11.8 Å². The topological polar surface area (TPSA) is 43.1 Å². The average molecular weight is 230 g/mol. The van der Waals surface area contributed by atoms with Gasteiger partial charge in [0.2, 0.25) is 0 Å². The van der Waals surface area contributed by atoms with Crippen LogP contribution in [0.4, 0.5) is 0 Å². The first-order valence-corrected chi connectivity index (χ1v) is 5.85. The van der Waals surface area contributed by atoms with Crippen LogP contribution < -0.4 is 5.73 Å². The highest BCUT2D eigenvalue weighted by molar-refractivity contribution is 7.98. The van der Waals surface area contributed by atoms with Crippen molar-refractivity contribution in [2.24, 2.45) is 5.73 Å². The molecule has 2 N–H and O–H groups in total. The van der Waals surface area contributed by atoms with E-state index in [9.17, 15) is 4.79 Å². The fraction of sp³-hybridized carbons (Fsp3) is 0.300. The van der Waals surface area contributed by atoms with Gasteiger partial charge in [0.1, 0.15) is 0 Å². The van der Waals surface area contributed by atoms with Gasteiger partial charge in [-0.1, -0.05) is 11.6 Å². The molecule has 14 heavy (non-hydrogen) atoms. The first-order chi connectivity index (χ1) is 6.67. The number of halogens is 1. The fourth-order valence-electron chi connectivity index (χ4n) is 1.12. The molecule has 0 spiro atoms. The summed E-state index contributed by atoms with van der Waals surface area (Å²) < 4.78 is 0. The van der Waals surface area contributed by atoms with Gasteiger partial charge >= 0.3 is 0 Å². The molecule has 0 aliphatic heterocycles. The number of benzene rings is 1. The van der Waals surface area contributed by atoms with Gasteiger partial charge in [0.15, 0.2) is 5.78 Å². The van der Waals surface area contributed by atoms with Gasteiger partial charge in [-0.2, -0.15) is 0 Å². The highest BCUT2D eigenvalue weighted by atomic mass is 35.5. The number of hydrogen-bond acceptors (Lipinski definition) is 3. The van der Waals surface area contributed by atoms with Crippen LogP contribution in [-0.2, 0) is 0 Å². The fourth-order valence-corrected chi connectivity index (χ4v) is 1.91. The van der Waals surface area contributed by atoms with E-state index in [4.69, 9.17) is 17.3 Å². The lowest BCUT2D eigenvalue weighted by Crippen LogP contribution is -2.08. The van der Waals surface area contributed by atoms with Crippen molar-refractivity contribution in [3.63, 3.8) is 0 Å². The van der Waals surface area contributed by atoms with Crippen LogP contribution in [0.1, 0.15) is 16.8 Å². The van der Waals surface area contributed by atoms with E-state index in [1.165, 1.54) is 0 Å². The Morgan fingerprint density at radius 2 is 2.21 bits per heavy atom. The van der Waals surface area contributed by atoms with Gasteiger partial charge < -0.3 is 5.73 Å². The average Bonchev–Trinajstić information content (AvgIpc) is 2.17. The van der Waals surface area contributed by atoms with E-state index < -0.39 is 0 Å². The molecule has 1 aromatic carbocycles. The van der Waals surface area contributed by atoms with Crippen LogP contribution in [0.5, 0.6) is 0 Å². The predicted octanol–water partition coefficient (Wildman–Crippen LogP) is 2.59. The lowest BCUT2D eigenvalue weighted by molar-refractivity contribution is 0.0985. The van der Waals surface area contributed by atoms with E-state index in [2.05, 4.69) is 0 Å². The monoisotopic (exact) mass is 229 g/mol. The molecule has 0 unspecified atom stereocenters. The summed E-state index contributed by atoms with van der Waals surface area (Å²) >= 11 is 7.44. The highest BCUT2D eigenvalue weighted by Crippen LogP contribution is 2.22. The predicted molar refractivity (Wildman–Crippen MR) is 61.2 cm³/mol. The van der Waals surface area contributed by atoms with Crippen molar-refractivity contribution >= 4 is 29.1 Å². The highest BCUT2D eigenvalue weighted by Gasteiger charge is 2.06. The zero-order valence-corrected chi connectivity index (χ0v) is 9.49. The molecule has 0 atom stereocenters. The Hall–Kier alpha value is -0.510. The standard InChI is InChI=1S/C10H12ClNOS/c1-14-9-5-7(4-8(11)6-9)10(13)2-3-12/h4-6H,2-3,12H2,1H3. The zero-order valence-electron chi connectivity index (χ0n) is 7.92. The minimum absolute atomic E-state index is 0.0466. The second kappa shape index (κ2) is 5.39. The smallest absolute Gasteiger partial charge is 0.164 e. The van der Waals surface area contributed by atoms with Crippen molar-refractivity contribution in [3.05, 3.63) is 28.8 Å². The van der Waals surface area contributed by atoms with Crippen molar-refractivity contribution in [2.75, 3.05) is 12.8 Å². The number of nitrogens with two attached hydrogens (primary N) is 1. The van der Waals surface area contributed by atoms with Gasteiger partial charge in [-0.25, -0.2) is 0 Å². The molecule has 0 fully saturated rings. The van der Waals surface area contributed by atoms with E-state index >= 15 is 0 Å². The molecule has 76 valence electrons. The largest absolute Gasteiger partial charge is 0.330 e. The van der Waals surface area contributed by atoms with Gasteiger partial charge in [-0.05, 0) is 31.0 Å². The summed E-state index contributed by atoms with van der Waals surface area (Å²) in [5, 5.41) is 0.595. The molecule has 2 nitrogen and oxygen atoms in total. The molecule has 4 heteroatoms.